The standard InChI is InChI=1S/C23H17N5O3/c1-15(16-6-4-8-18(12-16)28(30)31)26-27-23(29)20-13-22(17-7-5-11-24-14-17)25-21-10-3-2-9-19(20)21/h2-14H,1H3,(H,27,29). The van der Waals surface area contributed by atoms with Crippen molar-refractivity contribution in [2.75, 3.05) is 0 Å². The van der Waals surface area contributed by atoms with E-state index in [-0.39, 0.29) is 5.69 Å². The van der Waals surface area contributed by atoms with Crippen molar-refractivity contribution in [1.82, 2.24) is 15.4 Å². The Hall–Kier alpha value is -4.46. The zero-order valence-electron chi connectivity index (χ0n) is 16.5. The van der Waals surface area contributed by atoms with Gasteiger partial charge in [-0.15, -0.1) is 0 Å². The van der Waals surface area contributed by atoms with Gasteiger partial charge in [0.15, 0.2) is 0 Å². The minimum Gasteiger partial charge on any atom is -0.267 e. The van der Waals surface area contributed by atoms with Gasteiger partial charge >= 0.3 is 0 Å². The van der Waals surface area contributed by atoms with Crippen molar-refractivity contribution in [3.63, 3.8) is 0 Å². The number of nitrogens with one attached hydrogen (secondary N) is 1. The summed E-state index contributed by atoms with van der Waals surface area (Å²) in [5.41, 5.74) is 6.01. The number of amides is 1. The molecule has 0 aliphatic carbocycles. The molecule has 1 N–H and O–H groups in total. The van der Waals surface area contributed by atoms with Crippen molar-refractivity contribution in [2.45, 2.75) is 6.92 Å². The Morgan fingerprint density at radius 2 is 1.90 bits per heavy atom. The Morgan fingerprint density at radius 3 is 2.68 bits per heavy atom. The van der Waals surface area contributed by atoms with Crippen LogP contribution in [0.3, 0.4) is 0 Å². The topological polar surface area (TPSA) is 110 Å². The van der Waals surface area contributed by atoms with Crippen LogP contribution in [0.15, 0.2) is 84.2 Å². The summed E-state index contributed by atoms with van der Waals surface area (Å²) in [4.78, 5) is 32.3. The summed E-state index contributed by atoms with van der Waals surface area (Å²) in [5, 5.41) is 15.8. The highest BCUT2D eigenvalue weighted by atomic mass is 16.6. The van der Waals surface area contributed by atoms with Crippen molar-refractivity contribution in [3.05, 3.63) is 100 Å². The summed E-state index contributed by atoms with van der Waals surface area (Å²) in [6.07, 6.45) is 3.35. The Bertz CT molecular complexity index is 1320. The third kappa shape index (κ3) is 4.27. The summed E-state index contributed by atoms with van der Waals surface area (Å²) < 4.78 is 0. The molecule has 0 saturated carbocycles. The van der Waals surface area contributed by atoms with E-state index in [1.54, 1.807) is 43.6 Å². The Morgan fingerprint density at radius 1 is 1.06 bits per heavy atom. The van der Waals surface area contributed by atoms with E-state index in [1.807, 2.05) is 30.3 Å². The normalized spacial score (nSPS) is 11.3. The number of nitro benzene ring substituents is 1. The van der Waals surface area contributed by atoms with E-state index in [0.717, 1.165) is 5.56 Å². The molecule has 0 spiro atoms. The lowest BCUT2D eigenvalue weighted by molar-refractivity contribution is -0.384. The summed E-state index contributed by atoms with van der Waals surface area (Å²) in [6.45, 7) is 1.67. The number of hydrogen-bond acceptors (Lipinski definition) is 6. The maximum Gasteiger partial charge on any atom is 0.272 e. The molecule has 2 heterocycles. The number of fused-ring (bicyclic) bond motifs is 1. The molecule has 0 aliphatic rings. The SMILES string of the molecule is CC(=NNC(=O)c1cc(-c2cccnc2)nc2ccccc12)c1cccc([N+](=O)[O-])c1. The first-order chi connectivity index (χ1) is 15.0. The van der Waals surface area contributed by atoms with Gasteiger partial charge in [0.1, 0.15) is 0 Å². The smallest absolute Gasteiger partial charge is 0.267 e. The quantitative estimate of drug-likeness (QED) is 0.298. The predicted octanol–water partition coefficient (Wildman–Crippen LogP) is 4.36. The minimum absolute atomic E-state index is 0.0420. The van der Waals surface area contributed by atoms with E-state index in [9.17, 15) is 14.9 Å². The Labute approximate surface area is 177 Å². The number of para-hydroxylation sites is 1. The van der Waals surface area contributed by atoms with Crippen molar-refractivity contribution in [2.24, 2.45) is 5.10 Å². The molecular weight excluding hydrogens is 394 g/mol. The highest BCUT2D eigenvalue weighted by Gasteiger charge is 2.14. The summed E-state index contributed by atoms with van der Waals surface area (Å²) >= 11 is 0. The predicted molar refractivity (Wildman–Crippen MR) is 118 cm³/mol. The number of carbonyl (C=O) groups excluding carboxylic acids is 1. The maximum absolute atomic E-state index is 13.0. The number of pyridine rings is 2. The number of aromatic nitrogens is 2. The second kappa shape index (κ2) is 8.50. The molecule has 8 heteroatoms. The molecule has 2 aromatic carbocycles. The number of hydrogen-bond donors (Lipinski definition) is 1. The van der Waals surface area contributed by atoms with Crippen LogP contribution >= 0.6 is 0 Å². The zero-order chi connectivity index (χ0) is 21.8. The fraction of sp³-hybridized carbons (Fsp3) is 0.0435. The highest BCUT2D eigenvalue weighted by Crippen LogP contribution is 2.24. The number of carbonyl (C=O) groups is 1. The van der Waals surface area contributed by atoms with E-state index >= 15 is 0 Å². The number of rotatable bonds is 5. The van der Waals surface area contributed by atoms with Gasteiger partial charge in [-0.25, -0.2) is 10.4 Å². The van der Waals surface area contributed by atoms with Gasteiger partial charge in [-0.2, -0.15) is 5.10 Å². The van der Waals surface area contributed by atoms with Gasteiger partial charge in [0.05, 0.1) is 27.4 Å². The Kier molecular flexibility index (Phi) is 5.44. The molecule has 0 bridgehead atoms. The third-order valence-electron chi connectivity index (χ3n) is 4.72. The average molecular weight is 411 g/mol. The van der Waals surface area contributed by atoms with Crippen LogP contribution in [0.1, 0.15) is 22.8 Å². The highest BCUT2D eigenvalue weighted by molar-refractivity contribution is 6.08. The lowest BCUT2D eigenvalue weighted by Gasteiger charge is -2.09. The van der Waals surface area contributed by atoms with Crippen LogP contribution in [0.2, 0.25) is 0 Å². The molecule has 8 nitrogen and oxygen atoms in total. The van der Waals surface area contributed by atoms with Gasteiger partial charge in [-0.05, 0) is 31.2 Å². The zero-order valence-corrected chi connectivity index (χ0v) is 16.5. The monoisotopic (exact) mass is 411 g/mol. The molecule has 4 aromatic rings. The third-order valence-corrected chi connectivity index (χ3v) is 4.72. The maximum atomic E-state index is 13.0. The van der Waals surface area contributed by atoms with E-state index in [1.165, 1.54) is 12.1 Å². The molecule has 0 fully saturated rings. The van der Waals surface area contributed by atoms with Crippen LogP contribution in [0.4, 0.5) is 5.69 Å². The molecule has 2 aromatic heterocycles. The number of hydrazone groups is 1. The van der Waals surface area contributed by atoms with Gasteiger partial charge in [0, 0.05) is 41.0 Å². The molecule has 1 amide bonds. The van der Waals surface area contributed by atoms with Gasteiger partial charge in [-0.3, -0.25) is 19.9 Å². The van der Waals surface area contributed by atoms with Crippen molar-refractivity contribution >= 4 is 28.2 Å². The van der Waals surface area contributed by atoms with Crippen LogP contribution in [0.5, 0.6) is 0 Å². The molecule has 4 rings (SSSR count). The van der Waals surface area contributed by atoms with E-state index < -0.39 is 10.8 Å². The van der Waals surface area contributed by atoms with Gasteiger partial charge < -0.3 is 0 Å². The molecule has 0 unspecified atom stereocenters. The van der Waals surface area contributed by atoms with Gasteiger partial charge in [0.25, 0.3) is 11.6 Å². The van der Waals surface area contributed by atoms with E-state index in [0.29, 0.717) is 33.4 Å². The largest absolute Gasteiger partial charge is 0.272 e. The molecule has 0 aliphatic heterocycles. The number of nitrogens with zero attached hydrogens (tertiary/aromatic N) is 4. The Balaban J connectivity index is 1.68. The first-order valence-corrected chi connectivity index (χ1v) is 9.42. The molecule has 152 valence electrons. The first kappa shape index (κ1) is 19.8. The average Bonchev–Trinajstić information content (AvgIpc) is 2.82. The van der Waals surface area contributed by atoms with Crippen LogP contribution in [0.25, 0.3) is 22.2 Å². The van der Waals surface area contributed by atoms with Crippen LogP contribution in [0, 0.1) is 10.1 Å². The van der Waals surface area contributed by atoms with Crippen LogP contribution in [-0.2, 0) is 0 Å². The van der Waals surface area contributed by atoms with Crippen molar-refractivity contribution in [1.29, 1.82) is 0 Å². The van der Waals surface area contributed by atoms with E-state index in [2.05, 4.69) is 20.5 Å². The van der Waals surface area contributed by atoms with Crippen molar-refractivity contribution < 1.29 is 9.72 Å². The summed E-state index contributed by atoms with van der Waals surface area (Å²) in [7, 11) is 0. The first-order valence-electron chi connectivity index (χ1n) is 9.42. The van der Waals surface area contributed by atoms with E-state index in [4.69, 9.17) is 0 Å². The van der Waals surface area contributed by atoms with Gasteiger partial charge in [0.2, 0.25) is 0 Å². The fourth-order valence-electron chi connectivity index (χ4n) is 3.13. The minimum atomic E-state index is -0.474. The molecule has 0 radical (unpaired) electrons. The fourth-order valence-corrected chi connectivity index (χ4v) is 3.13. The lowest BCUT2D eigenvalue weighted by Crippen LogP contribution is -2.20. The van der Waals surface area contributed by atoms with Crippen LogP contribution < -0.4 is 5.43 Å². The molecular formula is C23H17N5O3. The van der Waals surface area contributed by atoms with Crippen LogP contribution in [-0.4, -0.2) is 26.5 Å². The number of benzene rings is 2. The molecule has 31 heavy (non-hydrogen) atoms. The summed E-state index contributed by atoms with van der Waals surface area (Å²) in [6, 6.07) is 18.8. The second-order valence-corrected chi connectivity index (χ2v) is 6.76. The summed E-state index contributed by atoms with van der Waals surface area (Å²) in [5.74, 6) is -0.409. The molecule has 0 atom stereocenters. The lowest BCUT2D eigenvalue weighted by atomic mass is 10.0. The van der Waals surface area contributed by atoms with Crippen molar-refractivity contribution in [3.8, 4) is 11.3 Å². The second-order valence-electron chi connectivity index (χ2n) is 6.76. The number of non-ortho nitro benzene ring substituents is 1. The number of nitro groups is 1. The van der Waals surface area contributed by atoms with Gasteiger partial charge in [-0.1, -0.05) is 30.3 Å². The molecule has 0 saturated heterocycles.